The number of anilines is 1. The molecule has 204 valence electrons. The minimum atomic E-state index is -5.86. The third-order valence-electron chi connectivity index (χ3n) is 5.02. The lowest BCUT2D eigenvalue weighted by atomic mass is 9.88. The highest BCUT2D eigenvalue weighted by molar-refractivity contribution is 7.66. The zero-order valence-corrected chi connectivity index (χ0v) is 20.9. The summed E-state index contributed by atoms with van der Waals surface area (Å²) in [6, 6.07) is 1.24. The summed E-state index contributed by atoms with van der Waals surface area (Å²) in [5.41, 5.74) is -0.290. The molecule has 2 aromatic heterocycles. The highest BCUT2D eigenvalue weighted by Crippen LogP contribution is 2.67. The first-order valence-electron chi connectivity index (χ1n) is 9.54. The fourth-order valence-electron chi connectivity index (χ4n) is 3.63. The number of ether oxygens (including phenoxy) is 1. The van der Waals surface area contributed by atoms with Crippen LogP contribution in [0.4, 0.5) is 10.3 Å². The summed E-state index contributed by atoms with van der Waals surface area (Å²) in [6.45, 7) is 0.322. The maximum atomic E-state index is 14.1. The minimum absolute atomic E-state index is 0.0422. The van der Waals surface area contributed by atoms with E-state index in [-0.39, 0.29) is 17.0 Å². The Morgan fingerprint density at radius 3 is 2.42 bits per heavy atom. The molecule has 3 rings (SSSR count). The molecular weight excluding hydrogens is 560 g/mol. The lowest BCUT2D eigenvalue weighted by molar-refractivity contribution is -0.125. The molecule has 0 aliphatic carbocycles. The van der Waals surface area contributed by atoms with Gasteiger partial charge in [0.2, 0.25) is 5.95 Å². The zero-order valence-electron chi connectivity index (χ0n) is 18.2. The average molecular weight is 582 g/mol. The second kappa shape index (κ2) is 9.32. The second-order valence-corrected chi connectivity index (χ2v) is 12.5. The number of nitrogen functional groups attached to an aromatic ring is 1. The largest absolute Gasteiger partial charge is 0.490 e. The Kier molecular flexibility index (Phi) is 7.51. The van der Waals surface area contributed by atoms with Gasteiger partial charge in [-0.1, -0.05) is 0 Å². The summed E-state index contributed by atoms with van der Waals surface area (Å²) in [4.78, 5) is 54.6. The molecule has 36 heavy (non-hydrogen) atoms. The second-order valence-electron chi connectivity index (χ2n) is 8.18. The van der Waals surface area contributed by atoms with Crippen LogP contribution in [0.15, 0.2) is 17.1 Å². The number of nitrogens with one attached hydrogen (secondary N) is 1. The normalized spacial score (nSPS) is 28.8. The van der Waals surface area contributed by atoms with Gasteiger partial charge in [-0.15, -0.1) is 0 Å². The standard InChI is InChI=1S/C14H22FN4O14P3/c1-13(2,31-35(26,27)33-36(28,29)32-34(23,24)25)8-7(20)14(22,5-15)11(30-8)19-4-3-6-9(19)17-12(16)18-10(6)21/h3-4,7-8,11,20,22H,5H2,1-2H3,(H,26,27)(H,28,29)(H2,23,24,25)(H3,16,17,18,21)/t7?,8-,11+,14+/m0/s1. The van der Waals surface area contributed by atoms with E-state index in [1.165, 1.54) is 12.3 Å². The molecule has 1 saturated heterocycles. The predicted octanol–water partition coefficient (Wildman–Crippen LogP) is -0.612. The molecule has 9 N–H and O–H groups in total. The highest BCUT2D eigenvalue weighted by Gasteiger charge is 2.62. The molecule has 22 heteroatoms. The maximum absolute atomic E-state index is 14.1. The van der Waals surface area contributed by atoms with Crippen LogP contribution in [0.5, 0.6) is 0 Å². The molecule has 0 saturated carbocycles. The number of aliphatic hydroxyl groups excluding tert-OH is 1. The van der Waals surface area contributed by atoms with E-state index in [1.54, 1.807) is 0 Å². The molecule has 3 unspecified atom stereocenters. The van der Waals surface area contributed by atoms with Crippen molar-refractivity contribution in [1.29, 1.82) is 0 Å². The number of aromatic amines is 1. The van der Waals surface area contributed by atoms with Gasteiger partial charge in [0, 0.05) is 6.20 Å². The zero-order chi connectivity index (χ0) is 27.5. The number of phosphoric ester groups is 1. The third-order valence-corrected chi connectivity index (χ3v) is 9.05. The summed E-state index contributed by atoms with van der Waals surface area (Å²) in [5.74, 6) is -0.334. The molecule has 0 radical (unpaired) electrons. The van der Waals surface area contributed by atoms with Gasteiger partial charge in [0.1, 0.15) is 24.5 Å². The van der Waals surface area contributed by atoms with Gasteiger partial charge < -0.3 is 44.8 Å². The summed E-state index contributed by atoms with van der Waals surface area (Å²) in [6.07, 6.45) is -4.68. The SMILES string of the molecule is CC(C)(OP(=O)(O)OP(=O)(O)OP(=O)(O)O)[C@H]1O[C@@H](n2ccc3c(=O)[nH]c(N)nc32)[C@@](O)(CF)C1O. The Balaban J connectivity index is 1.94. The maximum Gasteiger partial charge on any atom is 0.490 e. The van der Waals surface area contributed by atoms with Gasteiger partial charge in [0.15, 0.2) is 17.5 Å². The Morgan fingerprint density at radius 2 is 1.86 bits per heavy atom. The molecule has 1 aliphatic heterocycles. The van der Waals surface area contributed by atoms with Crippen molar-refractivity contribution >= 4 is 40.4 Å². The van der Waals surface area contributed by atoms with Gasteiger partial charge in [-0.3, -0.25) is 14.3 Å². The van der Waals surface area contributed by atoms with E-state index in [0.717, 1.165) is 18.4 Å². The van der Waals surface area contributed by atoms with Crippen LogP contribution in [0.3, 0.4) is 0 Å². The topological polar surface area (TPSA) is 286 Å². The summed E-state index contributed by atoms with van der Waals surface area (Å²) < 4.78 is 67.3. The number of nitrogens with two attached hydrogens (primary N) is 1. The van der Waals surface area contributed by atoms with Gasteiger partial charge in [0.05, 0.1) is 5.39 Å². The number of hydrogen-bond donors (Lipinski definition) is 8. The molecule has 1 aliphatic rings. The Hall–Kier alpha value is -1.56. The van der Waals surface area contributed by atoms with Crippen LogP contribution in [0.1, 0.15) is 20.1 Å². The first-order chi connectivity index (χ1) is 16.2. The van der Waals surface area contributed by atoms with Crippen molar-refractivity contribution in [3.63, 3.8) is 0 Å². The minimum Gasteiger partial charge on any atom is -0.387 e. The number of rotatable bonds is 9. The van der Waals surface area contributed by atoms with Crippen molar-refractivity contribution in [2.24, 2.45) is 0 Å². The first-order valence-corrected chi connectivity index (χ1v) is 14.1. The van der Waals surface area contributed by atoms with Gasteiger partial charge in [-0.2, -0.15) is 13.6 Å². The number of aromatic nitrogens is 3. The van der Waals surface area contributed by atoms with Crippen molar-refractivity contribution in [3.8, 4) is 0 Å². The van der Waals surface area contributed by atoms with Gasteiger partial charge >= 0.3 is 23.5 Å². The number of fused-ring (bicyclic) bond motifs is 1. The van der Waals surface area contributed by atoms with E-state index in [1.807, 2.05) is 0 Å². The molecule has 0 spiro atoms. The van der Waals surface area contributed by atoms with E-state index in [4.69, 9.17) is 24.8 Å². The van der Waals surface area contributed by atoms with Crippen LogP contribution in [0, 0.1) is 0 Å². The highest BCUT2D eigenvalue weighted by atomic mass is 31.3. The number of H-pyrrole nitrogens is 1. The predicted molar refractivity (Wildman–Crippen MR) is 115 cm³/mol. The van der Waals surface area contributed by atoms with E-state index in [2.05, 4.69) is 18.6 Å². The van der Waals surface area contributed by atoms with Crippen LogP contribution in [0.2, 0.25) is 0 Å². The molecule has 0 amide bonds. The quantitative estimate of drug-likeness (QED) is 0.171. The Bertz CT molecular complexity index is 1360. The number of hydrogen-bond acceptors (Lipinski definition) is 12. The van der Waals surface area contributed by atoms with Gasteiger partial charge in [0.25, 0.3) is 5.56 Å². The Labute approximate surface area is 199 Å². The smallest absolute Gasteiger partial charge is 0.387 e. The third kappa shape index (κ3) is 5.79. The summed E-state index contributed by atoms with van der Waals surface area (Å²) in [5, 5.41) is 21.6. The molecule has 2 aromatic rings. The van der Waals surface area contributed by atoms with Crippen molar-refractivity contribution in [1.82, 2.24) is 14.5 Å². The molecule has 3 heterocycles. The van der Waals surface area contributed by atoms with Crippen molar-refractivity contribution in [2.45, 2.75) is 43.5 Å². The fraction of sp³-hybridized carbons (Fsp3) is 0.571. The monoisotopic (exact) mass is 582 g/mol. The molecule has 1 fully saturated rings. The van der Waals surface area contributed by atoms with Crippen LogP contribution < -0.4 is 11.3 Å². The molecule has 0 aromatic carbocycles. The van der Waals surface area contributed by atoms with Crippen molar-refractivity contribution in [2.75, 3.05) is 12.4 Å². The number of aliphatic hydroxyl groups is 2. The summed E-state index contributed by atoms with van der Waals surface area (Å²) in [7, 11) is -17.2. The van der Waals surface area contributed by atoms with Crippen LogP contribution in [-0.4, -0.2) is 74.4 Å². The number of nitrogens with zero attached hydrogens (tertiary/aromatic N) is 2. The van der Waals surface area contributed by atoms with Crippen LogP contribution in [0.25, 0.3) is 11.0 Å². The van der Waals surface area contributed by atoms with E-state index >= 15 is 0 Å². The number of halogens is 1. The lowest BCUT2D eigenvalue weighted by Gasteiger charge is -2.34. The molecule has 18 nitrogen and oxygen atoms in total. The Morgan fingerprint density at radius 1 is 1.25 bits per heavy atom. The van der Waals surface area contributed by atoms with Gasteiger partial charge in [-0.05, 0) is 19.9 Å². The number of phosphoric acid groups is 3. The molecule has 0 bridgehead atoms. The van der Waals surface area contributed by atoms with E-state index in [0.29, 0.717) is 0 Å². The van der Waals surface area contributed by atoms with Crippen molar-refractivity contribution < 1.29 is 65.8 Å². The van der Waals surface area contributed by atoms with Gasteiger partial charge in [-0.25, -0.2) is 18.1 Å². The number of alkyl halides is 1. The van der Waals surface area contributed by atoms with Crippen molar-refractivity contribution in [3.05, 3.63) is 22.6 Å². The van der Waals surface area contributed by atoms with Crippen LogP contribution in [-0.2, 0) is 31.6 Å². The average Bonchev–Trinajstić information content (AvgIpc) is 3.17. The van der Waals surface area contributed by atoms with E-state index in [9.17, 15) is 42.9 Å². The van der Waals surface area contributed by atoms with E-state index < -0.39 is 65.3 Å². The molecule has 6 atom stereocenters. The first kappa shape index (κ1) is 29.0. The fourth-order valence-corrected chi connectivity index (χ4v) is 6.97. The van der Waals surface area contributed by atoms with Crippen LogP contribution >= 0.6 is 23.5 Å². The molecular formula is C14H22FN4O14P3. The lowest BCUT2D eigenvalue weighted by Crippen LogP contribution is -2.53. The summed E-state index contributed by atoms with van der Waals surface area (Å²) >= 11 is 0.